The number of nitrogens with zero attached hydrogens (tertiary/aromatic N) is 1. The zero-order chi connectivity index (χ0) is 27.7. The highest BCUT2D eigenvalue weighted by molar-refractivity contribution is 7.91. The van der Waals surface area contributed by atoms with Crippen molar-refractivity contribution in [1.82, 2.24) is 0 Å². The molecule has 2 aliphatic heterocycles. The van der Waals surface area contributed by atoms with E-state index in [9.17, 15) is 31.2 Å². The number of alkyl halides is 3. The van der Waals surface area contributed by atoms with Crippen molar-refractivity contribution in [3.63, 3.8) is 0 Å². The Bertz CT molecular complexity index is 1320. The molecule has 2 aromatic rings. The number of nitrogens with two attached hydrogens (primary N) is 1. The van der Waals surface area contributed by atoms with Gasteiger partial charge in [0.15, 0.2) is 15.6 Å². The molecular formula is C25H27ClF4N2O6S. The lowest BCUT2D eigenvalue weighted by Gasteiger charge is -2.25. The SMILES string of the molecule is Cl.N[C@H]1CS(=O)(=O)c2cc(F)c(C(=O)CCC3CCOCC3)cc2N(Cc2ccc(OC(F)(F)F)cc2)C1=O. The minimum Gasteiger partial charge on any atom is -0.406 e. The van der Waals surface area contributed by atoms with Crippen LogP contribution in [-0.2, 0) is 25.9 Å². The van der Waals surface area contributed by atoms with E-state index < -0.39 is 56.1 Å². The molecule has 1 saturated heterocycles. The number of fused-ring (bicyclic) bond motifs is 1. The number of anilines is 1. The van der Waals surface area contributed by atoms with Crippen molar-refractivity contribution >= 4 is 39.6 Å². The first-order chi connectivity index (χ1) is 17.8. The Hall–Kier alpha value is -2.74. The largest absolute Gasteiger partial charge is 0.573 e. The normalized spacial score (nSPS) is 19.6. The third-order valence-corrected chi connectivity index (χ3v) is 8.37. The van der Waals surface area contributed by atoms with Crippen LogP contribution in [0, 0.1) is 11.7 Å². The van der Waals surface area contributed by atoms with Crippen molar-refractivity contribution < 1.29 is 45.0 Å². The highest BCUT2D eigenvalue weighted by Gasteiger charge is 2.37. The number of carbonyl (C=O) groups is 2. The quantitative estimate of drug-likeness (QED) is 0.378. The Balaban J connectivity index is 0.00000420. The summed E-state index contributed by atoms with van der Waals surface area (Å²) in [5.74, 6) is -3.37. The molecule has 0 aliphatic carbocycles. The molecule has 2 N–H and O–H groups in total. The van der Waals surface area contributed by atoms with Crippen LogP contribution in [0.15, 0.2) is 41.3 Å². The summed E-state index contributed by atoms with van der Waals surface area (Å²) < 4.78 is 87.5. The van der Waals surface area contributed by atoms with Gasteiger partial charge in [-0.05, 0) is 55.0 Å². The fourth-order valence-corrected chi connectivity index (χ4v) is 6.15. The van der Waals surface area contributed by atoms with Crippen LogP contribution in [-0.4, -0.2) is 51.5 Å². The fraction of sp³-hybridized carbons (Fsp3) is 0.440. The summed E-state index contributed by atoms with van der Waals surface area (Å²) >= 11 is 0. The first kappa shape index (κ1) is 30.8. The zero-order valence-corrected chi connectivity index (χ0v) is 22.2. The molecule has 8 nitrogen and oxygen atoms in total. The first-order valence-electron chi connectivity index (χ1n) is 11.9. The monoisotopic (exact) mass is 594 g/mol. The Morgan fingerprint density at radius 1 is 1.13 bits per heavy atom. The van der Waals surface area contributed by atoms with Gasteiger partial charge in [-0.15, -0.1) is 25.6 Å². The molecule has 0 bridgehead atoms. The molecule has 1 amide bonds. The average Bonchev–Trinajstić information content (AvgIpc) is 2.91. The number of rotatable bonds is 7. The van der Waals surface area contributed by atoms with Crippen LogP contribution >= 0.6 is 12.4 Å². The van der Waals surface area contributed by atoms with Gasteiger partial charge >= 0.3 is 6.36 Å². The maximum Gasteiger partial charge on any atom is 0.573 e. The molecular weight excluding hydrogens is 568 g/mol. The molecule has 4 rings (SSSR count). The van der Waals surface area contributed by atoms with E-state index in [2.05, 4.69) is 4.74 Å². The topological polar surface area (TPSA) is 116 Å². The van der Waals surface area contributed by atoms with Gasteiger partial charge in [-0.2, -0.15) is 0 Å². The van der Waals surface area contributed by atoms with Crippen molar-refractivity contribution in [2.24, 2.45) is 11.7 Å². The van der Waals surface area contributed by atoms with Crippen molar-refractivity contribution in [1.29, 1.82) is 0 Å². The predicted molar refractivity (Wildman–Crippen MR) is 135 cm³/mol. The molecule has 14 heteroatoms. The number of amides is 1. The van der Waals surface area contributed by atoms with Gasteiger partial charge in [-0.25, -0.2) is 12.8 Å². The van der Waals surface area contributed by atoms with Crippen LogP contribution in [0.2, 0.25) is 0 Å². The molecule has 214 valence electrons. The zero-order valence-electron chi connectivity index (χ0n) is 20.6. The van der Waals surface area contributed by atoms with E-state index in [0.29, 0.717) is 25.2 Å². The number of sulfone groups is 1. The molecule has 0 saturated carbocycles. The van der Waals surface area contributed by atoms with Gasteiger partial charge in [0.05, 0.1) is 34.5 Å². The number of hydrogen-bond donors (Lipinski definition) is 1. The second kappa shape index (κ2) is 12.2. The number of hydrogen-bond acceptors (Lipinski definition) is 7. The van der Waals surface area contributed by atoms with Crippen molar-refractivity contribution in [2.45, 2.75) is 49.5 Å². The summed E-state index contributed by atoms with van der Waals surface area (Å²) in [5, 5.41) is 0. The molecule has 0 aromatic heterocycles. The smallest absolute Gasteiger partial charge is 0.406 e. The molecule has 2 aromatic carbocycles. The number of benzene rings is 2. The summed E-state index contributed by atoms with van der Waals surface area (Å²) in [6.45, 7) is 0.887. The lowest BCUT2D eigenvalue weighted by Crippen LogP contribution is -2.45. The molecule has 1 fully saturated rings. The van der Waals surface area contributed by atoms with E-state index in [-0.39, 0.29) is 42.5 Å². The van der Waals surface area contributed by atoms with Crippen LogP contribution < -0.4 is 15.4 Å². The van der Waals surface area contributed by atoms with E-state index in [1.54, 1.807) is 0 Å². The predicted octanol–water partition coefficient (Wildman–Crippen LogP) is 4.18. The van der Waals surface area contributed by atoms with Crippen LogP contribution in [0.5, 0.6) is 5.75 Å². The number of ether oxygens (including phenoxy) is 2. The number of ketones is 1. The van der Waals surface area contributed by atoms with E-state index >= 15 is 4.39 Å². The van der Waals surface area contributed by atoms with Crippen molar-refractivity contribution in [3.8, 4) is 5.75 Å². The minimum atomic E-state index is -4.89. The Labute approximate surface area is 228 Å². The van der Waals surface area contributed by atoms with Gasteiger partial charge in [-0.3, -0.25) is 9.59 Å². The van der Waals surface area contributed by atoms with Gasteiger partial charge in [-0.1, -0.05) is 12.1 Å². The summed E-state index contributed by atoms with van der Waals surface area (Å²) in [5.41, 5.74) is 5.61. The summed E-state index contributed by atoms with van der Waals surface area (Å²) in [6, 6.07) is 4.91. The minimum absolute atomic E-state index is 0. The van der Waals surface area contributed by atoms with Gasteiger partial charge in [0.1, 0.15) is 11.6 Å². The van der Waals surface area contributed by atoms with E-state index in [1.165, 1.54) is 12.1 Å². The second-order valence-electron chi connectivity index (χ2n) is 9.32. The lowest BCUT2D eigenvalue weighted by molar-refractivity contribution is -0.274. The van der Waals surface area contributed by atoms with E-state index in [0.717, 1.165) is 42.0 Å². The number of Topliss-reactive ketones (excluding diaryl/α,β-unsaturated/α-hetero) is 1. The van der Waals surface area contributed by atoms with Crippen LogP contribution in [0.25, 0.3) is 0 Å². The Kier molecular flexibility index (Phi) is 9.63. The Morgan fingerprint density at radius 2 is 1.77 bits per heavy atom. The number of halogens is 5. The lowest BCUT2D eigenvalue weighted by atomic mass is 9.92. The van der Waals surface area contributed by atoms with Crippen molar-refractivity contribution in [3.05, 3.63) is 53.3 Å². The third-order valence-electron chi connectivity index (χ3n) is 6.58. The second-order valence-corrected chi connectivity index (χ2v) is 11.3. The fourth-order valence-electron chi connectivity index (χ4n) is 4.58. The van der Waals surface area contributed by atoms with E-state index in [4.69, 9.17) is 10.5 Å². The molecule has 39 heavy (non-hydrogen) atoms. The third kappa shape index (κ3) is 7.47. The molecule has 2 aliphatic rings. The summed E-state index contributed by atoms with van der Waals surface area (Å²) in [4.78, 5) is 26.6. The average molecular weight is 595 g/mol. The molecule has 0 spiro atoms. The highest BCUT2D eigenvalue weighted by Crippen LogP contribution is 2.35. The van der Waals surface area contributed by atoms with Crippen LogP contribution in [0.3, 0.4) is 0 Å². The van der Waals surface area contributed by atoms with Crippen LogP contribution in [0.1, 0.15) is 41.6 Å². The maximum atomic E-state index is 15.1. The molecule has 2 heterocycles. The van der Waals surface area contributed by atoms with Gasteiger partial charge in [0.25, 0.3) is 0 Å². The van der Waals surface area contributed by atoms with E-state index in [1.807, 2.05) is 0 Å². The molecule has 0 unspecified atom stereocenters. The maximum absolute atomic E-state index is 15.1. The first-order valence-corrected chi connectivity index (χ1v) is 13.6. The molecule has 1 atom stereocenters. The number of carbonyl (C=O) groups excluding carboxylic acids is 2. The van der Waals surface area contributed by atoms with Gasteiger partial charge in [0, 0.05) is 19.6 Å². The van der Waals surface area contributed by atoms with Gasteiger partial charge < -0.3 is 20.1 Å². The van der Waals surface area contributed by atoms with Crippen LogP contribution in [0.4, 0.5) is 23.2 Å². The van der Waals surface area contributed by atoms with Gasteiger partial charge in [0.2, 0.25) is 5.91 Å². The van der Waals surface area contributed by atoms with Crippen molar-refractivity contribution in [2.75, 3.05) is 23.9 Å². The molecule has 0 radical (unpaired) electrons. The standard InChI is InChI=1S/C25H26F4N2O6S.ClH/c26-19-12-23-21(11-18(19)22(32)6-3-15-7-9-36-10-8-15)31(24(33)20(30)14-38(23,34)35)13-16-1-4-17(5-2-16)37-25(27,28)29;/h1-2,4-5,11-12,15,20H,3,6-10,13-14,30H2;1H/t20-;/m0./s1. The summed E-state index contributed by atoms with van der Waals surface area (Å²) in [7, 11) is -4.20. The Morgan fingerprint density at radius 3 is 2.38 bits per heavy atom. The highest BCUT2D eigenvalue weighted by atomic mass is 35.5. The summed E-state index contributed by atoms with van der Waals surface area (Å²) in [6.07, 6.45) is -2.78.